The van der Waals surface area contributed by atoms with Crippen molar-refractivity contribution >= 4 is 11.7 Å². The zero-order valence-corrected chi connectivity index (χ0v) is 22.8. The summed E-state index contributed by atoms with van der Waals surface area (Å²) in [7, 11) is 1.89. The Hall–Kier alpha value is -3.77. The number of unbranched alkanes of at least 4 members (excludes halogenated alkanes) is 3. The van der Waals surface area contributed by atoms with E-state index in [0.29, 0.717) is 12.4 Å². The van der Waals surface area contributed by atoms with Gasteiger partial charge >= 0.3 is 0 Å². The van der Waals surface area contributed by atoms with E-state index in [0.717, 1.165) is 29.5 Å². The Bertz CT molecular complexity index is 1280. The molecule has 198 valence electrons. The van der Waals surface area contributed by atoms with Crippen LogP contribution in [-0.2, 0) is 24.7 Å². The van der Waals surface area contributed by atoms with E-state index in [1.54, 1.807) is 17.1 Å². The number of carbonyl (C=O) groups is 1. The molecule has 0 radical (unpaired) electrons. The summed E-state index contributed by atoms with van der Waals surface area (Å²) in [6.07, 6.45) is 12.4. The molecule has 0 saturated heterocycles. The molecule has 38 heavy (non-hydrogen) atoms. The summed E-state index contributed by atoms with van der Waals surface area (Å²) >= 11 is 0. The standard InChI is InChI=1S/C32H39N5O/c1-4-5-6-7-8-25-13-15-27(16-14-25)31(33-20-19-26-11-9-24(2)10-12-26)32(38)36-30-18-17-28(21-34-30)29-22-35-37(3)23-29/h9-18,21-23,31,33H,4-8,19-20H2,1-3H3,(H,34,36,38)/t31-/m0/s1. The van der Waals surface area contributed by atoms with Crippen molar-refractivity contribution < 1.29 is 4.79 Å². The lowest BCUT2D eigenvalue weighted by atomic mass is 10.0. The summed E-state index contributed by atoms with van der Waals surface area (Å²) in [5.41, 5.74) is 6.71. The maximum absolute atomic E-state index is 13.5. The number of rotatable bonds is 13. The molecule has 2 N–H and O–H groups in total. The van der Waals surface area contributed by atoms with Crippen molar-refractivity contribution in [3.05, 3.63) is 102 Å². The SMILES string of the molecule is CCCCCCc1ccc([C@H](NCCc2ccc(C)cc2)C(=O)Nc2ccc(-c3cnn(C)c3)cn2)cc1. The van der Waals surface area contributed by atoms with Gasteiger partial charge in [0, 0.05) is 37.1 Å². The smallest absolute Gasteiger partial charge is 0.247 e. The van der Waals surface area contributed by atoms with Crippen molar-refractivity contribution in [3.63, 3.8) is 0 Å². The normalized spacial score (nSPS) is 11.9. The van der Waals surface area contributed by atoms with Gasteiger partial charge in [-0.1, -0.05) is 80.3 Å². The van der Waals surface area contributed by atoms with Gasteiger partial charge in [-0.05, 0) is 55.0 Å². The molecule has 1 amide bonds. The average molecular weight is 510 g/mol. The molecule has 4 aromatic rings. The molecule has 6 heteroatoms. The van der Waals surface area contributed by atoms with E-state index in [1.807, 2.05) is 25.4 Å². The molecule has 2 heterocycles. The summed E-state index contributed by atoms with van der Waals surface area (Å²) in [5, 5.41) is 10.7. The molecule has 0 saturated carbocycles. The predicted octanol–water partition coefficient (Wildman–Crippen LogP) is 6.43. The molecule has 2 aromatic heterocycles. The Balaban J connectivity index is 1.43. The van der Waals surface area contributed by atoms with Crippen LogP contribution in [0.1, 0.15) is 60.9 Å². The first-order chi connectivity index (χ1) is 18.5. The fraction of sp³-hybridized carbons (Fsp3) is 0.344. The van der Waals surface area contributed by atoms with Gasteiger partial charge in [-0.25, -0.2) is 4.98 Å². The third-order valence-electron chi connectivity index (χ3n) is 6.83. The van der Waals surface area contributed by atoms with E-state index in [2.05, 4.69) is 83.1 Å². The fourth-order valence-electron chi connectivity index (χ4n) is 4.52. The van der Waals surface area contributed by atoms with Crippen LogP contribution >= 0.6 is 0 Å². The molecule has 6 nitrogen and oxygen atoms in total. The summed E-state index contributed by atoms with van der Waals surface area (Å²) in [6.45, 7) is 5.01. The van der Waals surface area contributed by atoms with E-state index in [4.69, 9.17) is 0 Å². The van der Waals surface area contributed by atoms with Crippen molar-refractivity contribution in [2.75, 3.05) is 11.9 Å². The van der Waals surface area contributed by atoms with Gasteiger partial charge in [-0.2, -0.15) is 5.10 Å². The minimum Gasteiger partial charge on any atom is -0.309 e. The lowest BCUT2D eigenvalue weighted by Crippen LogP contribution is -2.34. The minimum atomic E-state index is -0.477. The first kappa shape index (κ1) is 27.3. The van der Waals surface area contributed by atoms with E-state index in [9.17, 15) is 4.79 Å². The van der Waals surface area contributed by atoms with Crippen LogP contribution in [0, 0.1) is 6.92 Å². The Morgan fingerprint density at radius 1 is 0.868 bits per heavy atom. The number of pyridine rings is 1. The number of nitrogens with one attached hydrogen (secondary N) is 2. The average Bonchev–Trinajstić information content (AvgIpc) is 3.37. The van der Waals surface area contributed by atoms with Crippen molar-refractivity contribution in [2.45, 2.75) is 58.4 Å². The highest BCUT2D eigenvalue weighted by molar-refractivity contribution is 5.95. The van der Waals surface area contributed by atoms with Gasteiger partial charge < -0.3 is 10.6 Å². The molecule has 0 aliphatic heterocycles. The number of hydrogen-bond acceptors (Lipinski definition) is 4. The molecule has 2 aromatic carbocycles. The van der Waals surface area contributed by atoms with Gasteiger partial charge in [0.15, 0.2) is 0 Å². The highest BCUT2D eigenvalue weighted by Crippen LogP contribution is 2.21. The Labute approximate surface area is 226 Å². The number of benzene rings is 2. The zero-order chi connectivity index (χ0) is 26.7. The quantitative estimate of drug-likeness (QED) is 0.204. The van der Waals surface area contributed by atoms with Gasteiger partial charge in [0.1, 0.15) is 11.9 Å². The van der Waals surface area contributed by atoms with Crippen molar-refractivity contribution in [3.8, 4) is 11.1 Å². The summed E-state index contributed by atoms with van der Waals surface area (Å²) in [4.78, 5) is 17.9. The number of aryl methyl sites for hydroxylation is 3. The largest absolute Gasteiger partial charge is 0.309 e. The first-order valence-electron chi connectivity index (χ1n) is 13.7. The van der Waals surface area contributed by atoms with Crippen LogP contribution in [0.3, 0.4) is 0 Å². The van der Waals surface area contributed by atoms with Gasteiger partial charge in [0.05, 0.1) is 6.20 Å². The number of aromatic nitrogens is 3. The molecule has 0 unspecified atom stereocenters. The van der Waals surface area contributed by atoms with Crippen molar-refractivity contribution in [1.29, 1.82) is 0 Å². The van der Waals surface area contributed by atoms with Crippen LogP contribution in [0.5, 0.6) is 0 Å². The highest BCUT2D eigenvalue weighted by Gasteiger charge is 2.21. The Morgan fingerprint density at radius 3 is 2.26 bits per heavy atom. The van der Waals surface area contributed by atoms with Gasteiger partial charge in [0.25, 0.3) is 0 Å². The molecule has 0 aliphatic rings. The minimum absolute atomic E-state index is 0.119. The summed E-state index contributed by atoms with van der Waals surface area (Å²) < 4.78 is 1.76. The highest BCUT2D eigenvalue weighted by atomic mass is 16.2. The van der Waals surface area contributed by atoms with E-state index >= 15 is 0 Å². The molecule has 0 bridgehead atoms. The third kappa shape index (κ3) is 7.86. The molecular formula is C32H39N5O. The fourth-order valence-corrected chi connectivity index (χ4v) is 4.52. The van der Waals surface area contributed by atoms with Gasteiger partial charge in [-0.3, -0.25) is 9.48 Å². The summed E-state index contributed by atoms with van der Waals surface area (Å²) in [6, 6.07) is 20.3. The van der Waals surface area contributed by atoms with Crippen molar-refractivity contribution in [2.24, 2.45) is 7.05 Å². The topological polar surface area (TPSA) is 71.8 Å². The predicted molar refractivity (Wildman–Crippen MR) is 155 cm³/mol. The Kier molecular flexibility index (Phi) is 9.82. The number of nitrogens with zero attached hydrogens (tertiary/aromatic N) is 3. The Morgan fingerprint density at radius 2 is 1.61 bits per heavy atom. The van der Waals surface area contributed by atoms with Crippen LogP contribution in [0.4, 0.5) is 5.82 Å². The second kappa shape index (κ2) is 13.7. The molecule has 0 spiro atoms. The van der Waals surface area contributed by atoms with E-state index in [-0.39, 0.29) is 5.91 Å². The number of anilines is 1. The first-order valence-corrected chi connectivity index (χ1v) is 13.7. The molecule has 4 rings (SSSR count). The van der Waals surface area contributed by atoms with Crippen LogP contribution < -0.4 is 10.6 Å². The van der Waals surface area contributed by atoms with Crippen LogP contribution in [0.25, 0.3) is 11.1 Å². The zero-order valence-electron chi connectivity index (χ0n) is 22.8. The van der Waals surface area contributed by atoms with E-state index < -0.39 is 6.04 Å². The molecule has 1 atom stereocenters. The molecule has 0 fully saturated rings. The van der Waals surface area contributed by atoms with Crippen LogP contribution in [0.2, 0.25) is 0 Å². The second-order valence-corrected chi connectivity index (χ2v) is 10.00. The third-order valence-corrected chi connectivity index (χ3v) is 6.83. The summed E-state index contributed by atoms with van der Waals surface area (Å²) in [5.74, 6) is 0.409. The van der Waals surface area contributed by atoms with Crippen molar-refractivity contribution in [1.82, 2.24) is 20.1 Å². The number of carbonyl (C=O) groups excluding carboxylic acids is 1. The maximum Gasteiger partial charge on any atom is 0.247 e. The number of amides is 1. The monoisotopic (exact) mass is 509 g/mol. The van der Waals surface area contributed by atoms with Crippen LogP contribution in [-0.4, -0.2) is 27.2 Å². The van der Waals surface area contributed by atoms with Gasteiger partial charge in [0.2, 0.25) is 5.91 Å². The van der Waals surface area contributed by atoms with E-state index in [1.165, 1.54) is 42.4 Å². The van der Waals surface area contributed by atoms with Crippen LogP contribution in [0.15, 0.2) is 79.3 Å². The second-order valence-electron chi connectivity index (χ2n) is 10.00. The molecular weight excluding hydrogens is 470 g/mol. The molecule has 0 aliphatic carbocycles. The lowest BCUT2D eigenvalue weighted by Gasteiger charge is -2.19. The number of hydrogen-bond donors (Lipinski definition) is 2. The lowest BCUT2D eigenvalue weighted by molar-refractivity contribution is -0.118. The van der Waals surface area contributed by atoms with Gasteiger partial charge in [-0.15, -0.1) is 0 Å². The maximum atomic E-state index is 13.5.